The van der Waals surface area contributed by atoms with Crippen LogP contribution in [0.2, 0.25) is 0 Å². The standard InChI is InChI=1S/C20H22N2O2S/c1-3-8-18(23)21-16-11-6-5-10-15(16)20-22(19(24)13-25-20)17-12-7-4-9-14(17)2/h4-7,9-12,20H,3,8,13H2,1-2H3,(H,21,23)/t20-/m1/s1. The van der Waals surface area contributed by atoms with E-state index in [0.29, 0.717) is 12.2 Å². The number of nitrogens with one attached hydrogen (secondary N) is 1. The average Bonchev–Trinajstić information content (AvgIpc) is 2.97. The van der Waals surface area contributed by atoms with E-state index < -0.39 is 0 Å². The topological polar surface area (TPSA) is 49.4 Å². The lowest BCUT2D eigenvalue weighted by Crippen LogP contribution is -2.29. The van der Waals surface area contributed by atoms with Crippen molar-refractivity contribution in [3.63, 3.8) is 0 Å². The van der Waals surface area contributed by atoms with Gasteiger partial charge in [-0.2, -0.15) is 0 Å². The first-order chi connectivity index (χ1) is 12.1. The number of carbonyl (C=O) groups excluding carboxylic acids is 2. The Morgan fingerprint density at radius 1 is 1.20 bits per heavy atom. The van der Waals surface area contributed by atoms with Gasteiger partial charge in [0.15, 0.2) is 0 Å². The summed E-state index contributed by atoms with van der Waals surface area (Å²) < 4.78 is 0. The molecule has 25 heavy (non-hydrogen) atoms. The Kier molecular flexibility index (Phi) is 5.43. The van der Waals surface area contributed by atoms with Gasteiger partial charge in [-0.15, -0.1) is 11.8 Å². The molecule has 0 saturated carbocycles. The maximum absolute atomic E-state index is 12.6. The summed E-state index contributed by atoms with van der Waals surface area (Å²) in [6, 6.07) is 15.7. The van der Waals surface area contributed by atoms with Crippen molar-refractivity contribution in [1.82, 2.24) is 0 Å². The third kappa shape index (κ3) is 3.71. The largest absolute Gasteiger partial charge is 0.326 e. The third-order valence-corrected chi connectivity index (χ3v) is 5.41. The quantitative estimate of drug-likeness (QED) is 0.859. The molecule has 5 heteroatoms. The zero-order chi connectivity index (χ0) is 17.8. The molecule has 3 rings (SSSR count). The van der Waals surface area contributed by atoms with Crippen LogP contribution in [0, 0.1) is 6.92 Å². The first-order valence-electron chi connectivity index (χ1n) is 8.50. The Morgan fingerprint density at radius 3 is 2.68 bits per heavy atom. The molecule has 1 aliphatic rings. The van der Waals surface area contributed by atoms with Crippen molar-refractivity contribution in [2.24, 2.45) is 0 Å². The summed E-state index contributed by atoms with van der Waals surface area (Å²) in [6.45, 7) is 3.99. The Morgan fingerprint density at radius 2 is 1.92 bits per heavy atom. The van der Waals surface area contributed by atoms with Crippen molar-refractivity contribution in [1.29, 1.82) is 0 Å². The maximum atomic E-state index is 12.6. The van der Waals surface area contributed by atoms with Gasteiger partial charge in [0.05, 0.1) is 5.75 Å². The number of anilines is 2. The normalized spacial score (nSPS) is 17.0. The van der Waals surface area contributed by atoms with E-state index in [9.17, 15) is 9.59 Å². The Balaban J connectivity index is 1.97. The minimum atomic E-state index is -0.133. The third-order valence-electron chi connectivity index (χ3n) is 4.22. The van der Waals surface area contributed by atoms with Crippen LogP contribution in [0.1, 0.15) is 36.3 Å². The second kappa shape index (κ2) is 7.74. The SMILES string of the molecule is CCCC(=O)Nc1ccccc1[C@H]1SCC(=O)N1c1ccccc1C. The molecule has 0 aliphatic carbocycles. The first-order valence-corrected chi connectivity index (χ1v) is 9.54. The maximum Gasteiger partial charge on any atom is 0.238 e. The minimum Gasteiger partial charge on any atom is -0.326 e. The number of para-hydroxylation sites is 2. The molecule has 130 valence electrons. The van der Waals surface area contributed by atoms with Crippen LogP contribution in [-0.2, 0) is 9.59 Å². The van der Waals surface area contributed by atoms with Gasteiger partial charge in [-0.3, -0.25) is 14.5 Å². The molecule has 0 unspecified atom stereocenters. The van der Waals surface area contributed by atoms with Gasteiger partial charge in [0.2, 0.25) is 11.8 Å². The van der Waals surface area contributed by atoms with Gasteiger partial charge < -0.3 is 5.32 Å². The highest BCUT2D eigenvalue weighted by Crippen LogP contribution is 2.44. The first kappa shape index (κ1) is 17.5. The number of hydrogen-bond donors (Lipinski definition) is 1. The number of aryl methyl sites for hydroxylation is 1. The summed E-state index contributed by atoms with van der Waals surface area (Å²) in [5.41, 5.74) is 3.74. The molecule has 1 saturated heterocycles. The van der Waals surface area contributed by atoms with Crippen LogP contribution in [0.4, 0.5) is 11.4 Å². The smallest absolute Gasteiger partial charge is 0.238 e. The molecular weight excluding hydrogens is 332 g/mol. The molecular formula is C20H22N2O2S. The van der Waals surface area contributed by atoms with Crippen LogP contribution < -0.4 is 10.2 Å². The number of carbonyl (C=O) groups is 2. The van der Waals surface area contributed by atoms with Crippen LogP contribution in [0.5, 0.6) is 0 Å². The fraction of sp³-hybridized carbons (Fsp3) is 0.300. The number of rotatable bonds is 5. The van der Waals surface area contributed by atoms with Crippen molar-refractivity contribution in [2.45, 2.75) is 32.1 Å². The molecule has 0 aromatic heterocycles. The lowest BCUT2D eigenvalue weighted by molar-refractivity contribution is -0.116. The Labute approximate surface area is 152 Å². The summed E-state index contributed by atoms with van der Waals surface area (Å²) in [5.74, 6) is 0.543. The molecule has 2 aromatic carbocycles. The van der Waals surface area contributed by atoms with Crippen molar-refractivity contribution >= 4 is 35.0 Å². The summed E-state index contributed by atoms with van der Waals surface area (Å²) in [5, 5.41) is 2.87. The van der Waals surface area contributed by atoms with E-state index >= 15 is 0 Å². The van der Waals surface area contributed by atoms with Gasteiger partial charge in [-0.25, -0.2) is 0 Å². The van der Waals surface area contributed by atoms with Gasteiger partial charge in [-0.1, -0.05) is 43.3 Å². The summed E-state index contributed by atoms with van der Waals surface area (Å²) in [6.07, 6.45) is 1.30. The van der Waals surface area contributed by atoms with E-state index in [-0.39, 0.29) is 17.2 Å². The fourth-order valence-corrected chi connectivity index (χ4v) is 4.22. The van der Waals surface area contributed by atoms with Crippen LogP contribution in [-0.4, -0.2) is 17.6 Å². The Hall–Kier alpha value is -2.27. The lowest BCUT2D eigenvalue weighted by Gasteiger charge is -2.27. The zero-order valence-corrected chi connectivity index (χ0v) is 15.3. The molecule has 0 radical (unpaired) electrons. The van der Waals surface area contributed by atoms with E-state index in [1.54, 1.807) is 11.8 Å². The molecule has 1 aliphatic heterocycles. The molecule has 1 fully saturated rings. The van der Waals surface area contributed by atoms with Crippen LogP contribution in [0.15, 0.2) is 48.5 Å². The number of benzene rings is 2. The molecule has 1 heterocycles. The fourth-order valence-electron chi connectivity index (χ4n) is 3.01. The van der Waals surface area contributed by atoms with Gasteiger partial charge in [-0.05, 0) is 31.0 Å². The van der Waals surface area contributed by atoms with Crippen molar-refractivity contribution in [3.05, 3.63) is 59.7 Å². The monoisotopic (exact) mass is 354 g/mol. The highest BCUT2D eigenvalue weighted by molar-refractivity contribution is 8.00. The van der Waals surface area contributed by atoms with Crippen molar-refractivity contribution in [3.8, 4) is 0 Å². The Bertz CT molecular complexity index is 791. The van der Waals surface area contributed by atoms with Crippen molar-refractivity contribution in [2.75, 3.05) is 16.0 Å². The second-order valence-electron chi connectivity index (χ2n) is 6.10. The summed E-state index contributed by atoms with van der Waals surface area (Å²) in [7, 11) is 0. The van der Waals surface area contributed by atoms with Crippen LogP contribution in [0.3, 0.4) is 0 Å². The highest BCUT2D eigenvalue weighted by atomic mass is 32.2. The summed E-state index contributed by atoms with van der Waals surface area (Å²) in [4.78, 5) is 26.5. The number of amides is 2. The summed E-state index contributed by atoms with van der Waals surface area (Å²) >= 11 is 1.59. The predicted molar refractivity (Wildman–Crippen MR) is 104 cm³/mol. The van der Waals surface area contributed by atoms with Gasteiger partial charge >= 0.3 is 0 Å². The zero-order valence-electron chi connectivity index (χ0n) is 14.5. The second-order valence-corrected chi connectivity index (χ2v) is 7.17. The van der Waals surface area contributed by atoms with Crippen LogP contribution >= 0.6 is 11.8 Å². The average molecular weight is 354 g/mol. The molecule has 0 bridgehead atoms. The molecule has 2 aromatic rings. The minimum absolute atomic E-state index is 0.00622. The molecule has 4 nitrogen and oxygen atoms in total. The van der Waals surface area contributed by atoms with E-state index in [1.165, 1.54) is 0 Å². The van der Waals surface area contributed by atoms with Gasteiger partial charge in [0.1, 0.15) is 5.37 Å². The lowest BCUT2D eigenvalue weighted by atomic mass is 10.1. The molecule has 0 spiro atoms. The van der Waals surface area contributed by atoms with Crippen molar-refractivity contribution < 1.29 is 9.59 Å². The van der Waals surface area contributed by atoms with Gasteiger partial charge in [0.25, 0.3) is 0 Å². The van der Waals surface area contributed by atoms with E-state index in [2.05, 4.69) is 5.32 Å². The number of nitrogens with zero attached hydrogens (tertiary/aromatic N) is 1. The molecule has 1 N–H and O–H groups in total. The van der Waals surface area contributed by atoms with Gasteiger partial charge in [0, 0.05) is 23.4 Å². The molecule has 2 amide bonds. The van der Waals surface area contributed by atoms with E-state index in [0.717, 1.165) is 28.9 Å². The molecule has 1 atom stereocenters. The predicted octanol–water partition coefficient (Wildman–Crippen LogP) is 4.51. The highest BCUT2D eigenvalue weighted by Gasteiger charge is 2.35. The van der Waals surface area contributed by atoms with E-state index in [4.69, 9.17) is 0 Å². The number of thioether (sulfide) groups is 1. The van der Waals surface area contributed by atoms with Crippen LogP contribution in [0.25, 0.3) is 0 Å². The van der Waals surface area contributed by atoms with E-state index in [1.807, 2.05) is 67.3 Å². The number of hydrogen-bond acceptors (Lipinski definition) is 3.